The zero-order chi connectivity index (χ0) is 16.7. The van der Waals surface area contributed by atoms with Crippen LogP contribution in [0, 0.1) is 6.92 Å². The Hall–Kier alpha value is -2.62. The molecule has 4 heteroatoms. The average Bonchev–Trinajstić information content (AvgIpc) is 2.55. The van der Waals surface area contributed by atoms with E-state index in [4.69, 9.17) is 9.47 Å². The van der Waals surface area contributed by atoms with Crippen molar-refractivity contribution in [3.8, 4) is 11.5 Å². The number of esters is 1. The molecule has 0 atom stereocenters. The van der Waals surface area contributed by atoms with Crippen molar-refractivity contribution in [2.75, 3.05) is 6.61 Å². The second-order valence-electron chi connectivity index (χ2n) is 5.15. The number of carbonyl (C=O) groups excluding carboxylic acids is 2. The maximum Gasteiger partial charge on any atom is 0.306 e. The molecule has 0 aliphatic heterocycles. The van der Waals surface area contributed by atoms with Crippen LogP contribution in [0.3, 0.4) is 0 Å². The standard InChI is InChI=1S/C19H20O4/c1-3-22-19(21)11-9-15-8-10-17(12-14(15)2)23-18-7-5-4-6-16(18)13-20/h4-8,10,12-13H,3,9,11H2,1-2H3. The number of rotatable bonds is 7. The molecule has 2 rings (SSSR count). The number of aryl methyl sites for hydroxylation is 2. The van der Waals surface area contributed by atoms with Crippen LogP contribution < -0.4 is 4.74 Å². The van der Waals surface area contributed by atoms with E-state index in [9.17, 15) is 9.59 Å². The Bertz CT molecular complexity index is 692. The minimum atomic E-state index is -0.188. The van der Waals surface area contributed by atoms with Gasteiger partial charge in [-0.3, -0.25) is 9.59 Å². The number of benzene rings is 2. The van der Waals surface area contributed by atoms with Crippen molar-refractivity contribution in [1.82, 2.24) is 0 Å². The maximum atomic E-state index is 11.4. The fourth-order valence-electron chi connectivity index (χ4n) is 2.28. The number of hydrogen-bond acceptors (Lipinski definition) is 4. The van der Waals surface area contributed by atoms with Crippen molar-refractivity contribution in [3.05, 3.63) is 59.2 Å². The van der Waals surface area contributed by atoms with E-state index in [1.807, 2.05) is 31.2 Å². The summed E-state index contributed by atoms with van der Waals surface area (Å²) in [6.45, 7) is 4.17. The summed E-state index contributed by atoms with van der Waals surface area (Å²) >= 11 is 0. The highest BCUT2D eigenvalue weighted by Gasteiger charge is 2.08. The molecule has 4 nitrogen and oxygen atoms in total. The summed E-state index contributed by atoms with van der Waals surface area (Å²) in [4.78, 5) is 22.4. The Balaban J connectivity index is 2.07. The summed E-state index contributed by atoms with van der Waals surface area (Å²) in [5.74, 6) is 1.00. The number of para-hydroxylation sites is 1. The van der Waals surface area contributed by atoms with Gasteiger partial charge in [0.1, 0.15) is 11.5 Å². The van der Waals surface area contributed by atoms with Crippen LogP contribution in [0.2, 0.25) is 0 Å². The first-order chi connectivity index (χ1) is 11.1. The molecule has 0 amide bonds. The van der Waals surface area contributed by atoms with E-state index in [0.29, 0.717) is 36.5 Å². The molecular weight excluding hydrogens is 292 g/mol. The van der Waals surface area contributed by atoms with Crippen molar-refractivity contribution in [2.24, 2.45) is 0 Å². The predicted molar refractivity (Wildman–Crippen MR) is 88.0 cm³/mol. The fraction of sp³-hybridized carbons (Fsp3) is 0.263. The molecule has 0 heterocycles. The number of ether oxygens (including phenoxy) is 2. The molecule has 0 unspecified atom stereocenters. The van der Waals surface area contributed by atoms with Gasteiger partial charge < -0.3 is 9.47 Å². The van der Waals surface area contributed by atoms with E-state index in [2.05, 4.69) is 0 Å². The van der Waals surface area contributed by atoms with Crippen LogP contribution in [0.15, 0.2) is 42.5 Å². The maximum absolute atomic E-state index is 11.4. The molecule has 0 spiro atoms. The van der Waals surface area contributed by atoms with E-state index in [0.717, 1.165) is 17.4 Å². The van der Waals surface area contributed by atoms with Crippen molar-refractivity contribution >= 4 is 12.3 Å². The van der Waals surface area contributed by atoms with Crippen LogP contribution >= 0.6 is 0 Å². The van der Waals surface area contributed by atoms with Crippen LogP contribution in [0.5, 0.6) is 11.5 Å². The van der Waals surface area contributed by atoms with E-state index in [1.165, 1.54) is 0 Å². The van der Waals surface area contributed by atoms with E-state index >= 15 is 0 Å². The first-order valence-electron chi connectivity index (χ1n) is 7.61. The van der Waals surface area contributed by atoms with Gasteiger partial charge in [-0.2, -0.15) is 0 Å². The van der Waals surface area contributed by atoms with Gasteiger partial charge >= 0.3 is 5.97 Å². The minimum Gasteiger partial charge on any atom is -0.466 e. The predicted octanol–water partition coefficient (Wildman–Crippen LogP) is 4.10. The van der Waals surface area contributed by atoms with Gasteiger partial charge in [-0.05, 0) is 55.7 Å². The van der Waals surface area contributed by atoms with Gasteiger partial charge in [0.15, 0.2) is 6.29 Å². The third kappa shape index (κ3) is 4.68. The topological polar surface area (TPSA) is 52.6 Å². The normalized spacial score (nSPS) is 10.2. The van der Waals surface area contributed by atoms with Gasteiger partial charge in [0, 0.05) is 6.42 Å². The summed E-state index contributed by atoms with van der Waals surface area (Å²) in [7, 11) is 0. The molecule has 0 aromatic heterocycles. The number of aldehydes is 1. The lowest BCUT2D eigenvalue weighted by molar-refractivity contribution is -0.143. The van der Waals surface area contributed by atoms with Crippen molar-refractivity contribution in [3.63, 3.8) is 0 Å². The van der Waals surface area contributed by atoms with Crippen LogP contribution in [-0.4, -0.2) is 18.9 Å². The van der Waals surface area contributed by atoms with Crippen LogP contribution in [0.1, 0.15) is 34.8 Å². The summed E-state index contributed by atoms with van der Waals surface area (Å²) in [6, 6.07) is 12.8. The van der Waals surface area contributed by atoms with Crippen LogP contribution in [0.4, 0.5) is 0 Å². The van der Waals surface area contributed by atoms with E-state index in [1.54, 1.807) is 25.1 Å². The van der Waals surface area contributed by atoms with Gasteiger partial charge in [0.2, 0.25) is 0 Å². The lowest BCUT2D eigenvalue weighted by Gasteiger charge is -2.11. The Morgan fingerprint density at radius 1 is 1.17 bits per heavy atom. The molecule has 23 heavy (non-hydrogen) atoms. The summed E-state index contributed by atoms with van der Waals surface area (Å²) in [5.41, 5.74) is 2.63. The molecule has 0 fully saturated rings. The van der Waals surface area contributed by atoms with E-state index in [-0.39, 0.29) is 5.97 Å². The molecular formula is C19H20O4. The molecule has 0 aliphatic carbocycles. The van der Waals surface area contributed by atoms with Gasteiger partial charge in [0.05, 0.1) is 12.2 Å². The molecule has 0 saturated heterocycles. The van der Waals surface area contributed by atoms with Gasteiger partial charge in [-0.1, -0.05) is 18.2 Å². The Kier molecular flexibility index (Phi) is 5.92. The summed E-state index contributed by atoms with van der Waals surface area (Å²) in [5, 5.41) is 0. The van der Waals surface area contributed by atoms with Gasteiger partial charge in [0.25, 0.3) is 0 Å². The largest absolute Gasteiger partial charge is 0.466 e. The third-order valence-electron chi connectivity index (χ3n) is 3.49. The highest BCUT2D eigenvalue weighted by Crippen LogP contribution is 2.26. The SMILES string of the molecule is CCOC(=O)CCc1ccc(Oc2ccccc2C=O)cc1C. The van der Waals surface area contributed by atoms with Crippen molar-refractivity contribution in [2.45, 2.75) is 26.7 Å². The first kappa shape index (κ1) is 16.7. The first-order valence-corrected chi connectivity index (χ1v) is 7.61. The van der Waals surface area contributed by atoms with Crippen LogP contribution in [0.25, 0.3) is 0 Å². The number of carbonyl (C=O) groups is 2. The fourth-order valence-corrected chi connectivity index (χ4v) is 2.28. The van der Waals surface area contributed by atoms with Crippen molar-refractivity contribution in [1.29, 1.82) is 0 Å². The van der Waals surface area contributed by atoms with Crippen LogP contribution in [-0.2, 0) is 16.0 Å². The van der Waals surface area contributed by atoms with Gasteiger partial charge in [-0.25, -0.2) is 0 Å². The van der Waals surface area contributed by atoms with E-state index < -0.39 is 0 Å². The second-order valence-corrected chi connectivity index (χ2v) is 5.15. The zero-order valence-corrected chi connectivity index (χ0v) is 13.4. The molecule has 0 aliphatic rings. The highest BCUT2D eigenvalue weighted by molar-refractivity contribution is 5.79. The number of hydrogen-bond donors (Lipinski definition) is 0. The Morgan fingerprint density at radius 2 is 1.96 bits per heavy atom. The molecule has 120 valence electrons. The van der Waals surface area contributed by atoms with Crippen molar-refractivity contribution < 1.29 is 19.1 Å². The molecule has 0 bridgehead atoms. The summed E-state index contributed by atoms with van der Waals surface area (Å²) in [6.07, 6.45) is 1.77. The smallest absolute Gasteiger partial charge is 0.306 e. The lowest BCUT2D eigenvalue weighted by atomic mass is 10.0. The highest BCUT2D eigenvalue weighted by atomic mass is 16.5. The average molecular weight is 312 g/mol. The molecule has 0 N–H and O–H groups in total. The quantitative estimate of drug-likeness (QED) is 0.570. The molecule has 2 aromatic carbocycles. The Labute approximate surface area is 136 Å². The molecule has 0 radical (unpaired) electrons. The molecule has 2 aromatic rings. The lowest BCUT2D eigenvalue weighted by Crippen LogP contribution is -2.05. The minimum absolute atomic E-state index is 0.188. The summed E-state index contributed by atoms with van der Waals surface area (Å²) < 4.78 is 10.7. The third-order valence-corrected chi connectivity index (χ3v) is 3.49. The van der Waals surface area contributed by atoms with Gasteiger partial charge in [-0.15, -0.1) is 0 Å². The Morgan fingerprint density at radius 3 is 2.65 bits per heavy atom. The molecule has 0 saturated carbocycles. The monoisotopic (exact) mass is 312 g/mol. The zero-order valence-electron chi connectivity index (χ0n) is 13.4. The second kappa shape index (κ2) is 8.13.